The first-order chi connectivity index (χ1) is 9.88. The van der Waals surface area contributed by atoms with Crippen LogP contribution in [0.15, 0.2) is 0 Å². The van der Waals surface area contributed by atoms with Gasteiger partial charge in [0.15, 0.2) is 0 Å². The number of nitrogens with one attached hydrogen (secondary N) is 1. The van der Waals surface area contributed by atoms with Crippen LogP contribution in [0.3, 0.4) is 0 Å². The monoisotopic (exact) mass is 317 g/mol. The van der Waals surface area contributed by atoms with Crippen molar-refractivity contribution in [1.29, 1.82) is 0 Å². The van der Waals surface area contributed by atoms with Crippen molar-refractivity contribution in [3.8, 4) is 0 Å². The fraction of sp³-hybridized carbons (Fsp3) is 0.929. The van der Waals surface area contributed by atoms with Gasteiger partial charge in [-0.15, -0.1) is 0 Å². The van der Waals surface area contributed by atoms with Crippen LogP contribution in [0.2, 0.25) is 0 Å². The summed E-state index contributed by atoms with van der Waals surface area (Å²) in [5, 5.41) is 0. The van der Waals surface area contributed by atoms with E-state index in [1.165, 1.54) is 0 Å². The minimum atomic E-state index is -3.16. The Morgan fingerprint density at radius 2 is 2.05 bits per heavy atom. The topological polar surface area (TPSA) is 92.5 Å². The van der Waals surface area contributed by atoms with Gasteiger partial charge in [0.25, 0.3) is 0 Å². The minimum Gasteiger partial charge on any atom is -0.339 e. The Bertz CT molecular complexity index is 468. The lowest BCUT2D eigenvalue weighted by Gasteiger charge is -2.46. The second-order valence-corrected chi connectivity index (χ2v) is 8.27. The largest absolute Gasteiger partial charge is 0.339 e. The van der Waals surface area contributed by atoms with Crippen molar-refractivity contribution in [2.24, 2.45) is 11.1 Å². The van der Waals surface area contributed by atoms with Crippen molar-refractivity contribution >= 4 is 15.9 Å². The highest BCUT2D eigenvalue weighted by Gasteiger charge is 2.46. The molecule has 1 heterocycles. The van der Waals surface area contributed by atoms with E-state index in [-0.39, 0.29) is 17.4 Å². The summed E-state index contributed by atoms with van der Waals surface area (Å²) in [5.74, 6) is 0.195. The number of piperidine rings is 1. The quantitative estimate of drug-likeness (QED) is 0.743. The van der Waals surface area contributed by atoms with E-state index in [4.69, 9.17) is 5.73 Å². The van der Waals surface area contributed by atoms with Crippen molar-refractivity contribution in [2.75, 3.05) is 25.9 Å². The molecule has 2 aliphatic rings. The van der Waals surface area contributed by atoms with E-state index in [2.05, 4.69) is 4.72 Å². The van der Waals surface area contributed by atoms with Gasteiger partial charge < -0.3 is 10.6 Å². The molecule has 21 heavy (non-hydrogen) atoms. The van der Waals surface area contributed by atoms with Gasteiger partial charge >= 0.3 is 0 Å². The molecule has 1 atom stereocenters. The van der Waals surface area contributed by atoms with Crippen molar-refractivity contribution in [3.05, 3.63) is 0 Å². The second kappa shape index (κ2) is 6.62. The molecule has 1 saturated carbocycles. The molecule has 122 valence electrons. The molecule has 1 aliphatic heterocycles. The van der Waals surface area contributed by atoms with Crippen LogP contribution in [0.1, 0.15) is 44.9 Å². The average molecular weight is 317 g/mol. The third-order valence-electron chi connectivity index (χ3n) is 4.88. The number of hydrogen-bond donors (Lipinski definition) is 2. The lowest BCUT2D eigenvalue weighted by Crippen LogP contribution is -2.56. The van der Waals surface area contributed by atoms with Crippen LogP contribution in [-0.4, -0.2) is 51.2 Å². The maximum atomic E-state index is 12.8. The van der Waals surface area contributed by atoms with Crippen LogP contribution >= 0.6 is 0 Å². The Labute approximate surface area is 127 Å². The van der Waals surface area contributed by atoms with E-state index in [9.17, 15) is 13.2 Å². The summed E-state index contributed by atoms with van der Waals surface area (Å²) >= 11 is 0. The molecule has 0 aromatic rings. The fourth-order valence-corrected chi connectivity index (χ4v) is 3.88. The third kappa shape index (κ3) is 3.96. The number of hydrogen-bond acceptors (Lipinski definition) is 4. The van der Waals surface area contributed by atoms with Gasteiger partial charge in [-0.1, -0.05) is 6.42 Å². The van der Waals surface area contributed by atoms with Gasteiger partial charge in [-0.2, -0.15) is 0 Å². The molecule has 0 aromatic heterocycles. The number of sulfonamides is 1. The summed E-state index contributed by atoms with van der Waals surface area (Å²) in [5.41, 5.74) is 5.51. The van der Waals surface area contributed by atoms with E-state index in [0.29, 0.717) is 19.5 Å². The third-order valence-corrected chi connectivity index (χ3v) is 5.61. The van der Waals surface area contributed by atoms with Crippen molar-refractivity contribution in [2.45, 2.75) is 51.0 Å². The number of nitrogens with two attached hydrogens (primary N) is 1. The second-order valence-electron chi connectivity index (χ2n) is 6.44. The molecule has 1 aliphatic carbocycles. The number of likely N-dealkylation sites (tertiary alicyclic amines) is 1. The molecular formula is C14H27N3O3S. The fourth-order valence-electron chi connectivity index (χ4n) is 3.39. The zero-order valence-corrected chi connectivity index (χ0v) is 13.6. The van der Waals surface area contributed by atoms with E-state index in [1.54, 1.807) is 0 Å². The number of nitrogens with zero attached hydrogens (tertiary/aromatic N) is 1. The highest BCUT2D eigenvalue weighted by molar-refractivity contribution is 7.88. The number of carbonyl (C=O) groups excluding carboxylic acids is 1. The molecule has 3 N–H and O–H groups in total. The molecule has 6 nitrogen and oxygen atoms in total. The van der Waals surface area contributed by atoms with E-state index >= 15 is 0 Å². The Hall–Kier alpha value is -0.660. The average Bonchev–Trinajstić information content (AvgIpc) is 2.37. The zero-order valence-electron chi connectivity index (χ0n) is 12.8. The number of amides is 1. The molecule has 0 aromatic carbocycles. The van der Waals surface area contributed by atoms with Crippen LogP contribution in [0.4, 0.5) is 0 Å². The minimum absolute atomic E-state index is 0.143. The maximum Gasteiger partial charge on any atom is 0.230 e. The van der Waals surface area contributed by atoms with Gasteiger partial charge in [0.1, 0.15) is 0 Å². The molecule has 0 spiro atoms. The van der Waals surface area contributed by atoms with Crippen molar-refractivity contribution in [1.82, 2.24) is 9.62 Å². The van der Waals surface area contributed by atoms with Crippen LogP contribution in [0.5, 0.6) is 0 Å². The van der Waals surface area contributed by atoms with Gasteiger partial charge in [-0.3, -0.25) is 4.79 Å². The lowest BCUT2D eigenvalue weighted by molar-refractivity contribution is -0.150. The Morgan fingerprint density at radius 1 is 1.33 bits per heavy atom. The summed E-state index contributed by atoms with van der Waals surface area (Å²) in [7, 11) is -3.16. The summed E-state index contributed by atoms with van der Waals surface area (Å²) < 4.78 is 24.8. The van der Waals surface area contributed by atoms with Crippen LogP contribution in [0, 0.1) is 5.41 Å². The highest BCUT2D eigenvalue weighted by atomic mass is 32.2. The molecule has 0 bridgehead atoms. The SMILES string of the molecule is CS(=O)(=O)NCCC1CCCCN1C(=O)C1(CN)CCC1. The normalized spacial score (nSPS) is 25.4. The molecule has 0 radical (unpaired) electrons. The van der Waals surface area contributed by atoms with Crippen molar-refractivity contribution in [3.63, 3.8) is 0 Å². The van der Waals surface area contributed by atoms with Crippen LogP contribution in [0.25, 0.3) is 0 Å². The summed E-state index contributed by atoms with van der Waals surface area (Å²) in [4.78, 5) is 14.8. The smallest absolute Gasteiger partial charge is 0.230 e. The lowest BCUT2D eigenvalue weighted by atomic mass is 9.67. The van der Waals surface area contributed by atoms with E-state index in [1.807, 2.05) is 4.90 Å². The summed E-state index contributed by atoms with van der Waals surface area (Å²) in [6, 6.07) is 0.143. The Balaban J connectivity index is 1.96. The molecule has 1 unspecified atom stereocenters. The predicted molar refractivity (Wildman–Crippen MR) is 82.2 cm³/mol. The Kier molecular flexibility index (Phi) is 5.27. The Morgan fingerprint density at radius 3 is 2.57 bits per heavy atom. The van der Waals surface area contributed by atoms with Gasteiger partial charge in [0.05, 0.1) is 11.7 Å². The summed E-state index contributed by atoms with van der Waals surface area (Å²) in [6.07, 6.45) is 7.80. The molecule has 7 heteroatoms. The van der Waals surface area contributed by atoms with E-state index < -0.39 is 10.0 Å². The number of carbonyl (C=O) groups is 1. The van der Waals surface area contributed by atoms with Crippen molar-refractivity contribution < 1.29 is 13.2 Å². The molecular weight excluding hydrogens is 290 g/mol. The molecule has 1 saturated heterocycles. The van der Waals surface area contributed by atoms with Gasteiger partial charge in [-0.25, -0.2) is 13.1 Å². The molecule has 1 amide bonds. The first-order valence-corrected chi connectivity index (χ1v) is 9.73. The summed E-state index contributed by atoms with van der Waals surface area (Å²) in [6.45, 7) is 1.60. The molecule has 2 fully saturated rings. The standard InChI is InChI=1S/C14H27N3O3S/c1-21(19,20)16-9-6-12-5-2-3-10-17(12)13(18)14(11-15)7-4-8-14/h12,16H,2-11,15H2,1H3. The zero-order chi connectivity index (χ0) is 15.5. The molecule has 2 rings (SSSR count). The first-order valence-electron chi connectivity index (χ1n) is 7.84. The van der Waals surface area contributed by atoms with Crippen LogP contribution < -0.4 is 10.5 Å². The van der Waals surface area contributed by atoms with Gasteiger partial charge in [-0.05, 0) is 38.5 Å². The van der Waals surface area contributed by atoms with Gasteiger partial charge in [0, 0.05) is 25.7 Å². The maximum absolute atomic E-state index is 12.8. The highest BCUT2D eigenvalue weighted by Crippen LogP contribution is 2.42. The predicted octanol–water partition coefficient (Wildman–Crippen LogP) is 0.436. The van der Waals surface area contributed by atoms with Crippen LogP contribution in [-0.2, 0) is 14.8 Å². The van der Waals surface area contributed by atoms with Gasteiger partial charge in [0.2, 0.25) is 15.9 Å². The number of rotatable bonds is 6. The van der Waals surface area contributed by atoms with E-state index in [0.717, 1.165) is 51.3 Å². The first kappa shape index (κ1) is 16.7.